The van der Waals surface area contributed by atoms with Crippen molar-refractivity contribution in [3.05, 3.63) is 41.6 Å². The fraction of sp³-hybridized carbons (Fsp3) is 0.231. The van der Waals surface area contributed by atoms with Gasteiger partial charge in [-0.25, -0.2) is 0 Å². The summed E-state index contributed by atoms with van der Waals surface area (Å²) in [5.41, 5.74) is 7.70. The number of hydrogen-bond donors (Lipinski definition) is 3. The standard InChI is InChI=1S/C13H16N4O/c1-8(2)11-7-12(17-16-11)15-13(18)9-4-3-5-10(14)6-9/h3-8H,14H2,1-2H3,(H2,15,16,17,18). The van der Waals surface area contributed by atoms with Crippen molar-refractivity contribution in [3.8, 4) is 0 Å². The second-order valence-electron chi connectivity index (χ2n) is 4.44. The molecular weight excluding hydrogens is 228 g/mol. The van der Waals surface area contributed by atoms with Gasteiger partial charge in [0.05, 0.1) is 0 Å². The molecule has 0 fully saturated rings. The van der Waals surface area contributed by atoms with Gasteiger partial charge in [-0.05, 0) is 24.1 Å². The van der Waals surface area contributed by atoms with Gasteiger partial charge in [-0.15, -0.1) is 0 Å². The van der Waals surface area contributed by atoms with Crippen molar-refractivity contribution in [2.75, 3.05) is 11.1 Å². The van der Waals surface area contributed by atoms with Crippen LogP contribution in [0.4, 0.5) is 11.5 Å². The van der Waals surface area contributed by atoms with Crippen molar-refractivity contribution in [2.45, 2.75) is 19.8 Å². The highest BCUT2D eigenvalue weighted by molar-refractivity contribution is 6.04. The highest BCUT2D eigenvalue weighted by atomic mass is 16.1. The number of benzene rings is 1. The minimum atomic E-state index is -0.218. The molecule has 5 nitrogen and oxygen atoms in total. The molecule has 2 aromatic rings. The van der Waals surface area contributed by atoms with Gasteiger partial charge in [0.1, 0.15) is 0 Å². The molecule has 94 valence electrons. The summed E-state index contributed by atoms with van der Waals surface area (Å²) in [6.45, 7) is 4.11. The molecule has 0 saturated heterocycles. The SMILES string of the molecule is CC(C)c1cc(NC(=O)c2cccc(N)c2)n[nH]1. The highest BCUT2D eigenvalue weighted by Crippen LogP contribution is 2.16. The Morgan fingerprint density at radius 1 is 1.39 bits per heavy atom. The number of carbonyl (C=O) groups excluding carboxylic acids is 1. The molecule has 1 amide bonds. The van der Waals surface area contributed by atoms with E-state index in [9.17, 15) is 4.79 Å². The van der Waals surface area contributed by atoms with Crippen molar-refractivity contribution in [1.82, 2.24) is 10.2 Å². The van der Waals surface area contributed by atoms with Gasteiger partial charge in [0.2, 0.25) is 0 Å². The fourth-order valence-corrected chi connectivity index (χ4v) is 1.56. The lowest BCUT2D eigenvalue weighted by Crippen LogP contribution is -2.12. The van der Waals surface area contributed by atoms with Gasteiger partial charge in [0, 0.05) is 23.0 Å². The van der Waals surface area contributed by atoms with Crippen LogP contribution >= 0.6 is 0 Å². The van der Waals surface area contributed by atoms with Gasteiger partial charge in [0.25, 0.3) is 5.91 Å². The zero-order valence-corrected chi connectivity index (χ0v) is 10.4. The molecule has 2 rings (SSSR count). The Morgan fingerprint density at radius 2 is 2.17 bits per heavy atom. The number of aromatic nitrogens is 2. The summed E-state index contributed by atoms with van der Waals surface area (Å²) in [5.74, 6) is 0.644. The van der Waals surface area contributed by atoms with Crippen LogP contribution < -0.4 is 11.1 Å². The quantitative estimate of drug-likeness (QED) is 0.725. The van der Waals surface area contributed by atoms with Gasteiger partial charge >= 0.3 is 0 Å². The maximum atomic E-state index is 11.9. The van der Waals surface area contributed by atoms with Crippen LogP contribution in [0.1, 0.15) is 35.8 Å². The van der Waals surface area contributed by atoms with E-state index in [0.29, 0.717) is 23.0 Å². The molecule has 0 bridgehead atoms. The Hall–Kier alpha value is -2.30. The molecule has 4 N–H and O–H groups in total. The molecule has 0 aliphatic rings. The Kier molecular flexibility index (Phi) is 3.32. The molecule has 0 unspecified atom stereocenters. The molecule has 0 aliphatic heterocycles. The third-order valence-electron chi connectivity index (χ3n) is 2.61. The highest BCUT2D eigenvalue weighted by Gasteiger charge is 2.09. The van der Waals surface area contributed by atoms with E-state index in [-0.39, 0.29) is 5.91 Å². The summed E-state index contributed by atoms with van der Waals surface area (Å²) in [6.07, 6.45) is 0. The molecule has 0 radical (unpaired) electrons. The van der Waals surface area contributed by atoms with Crippen LogP contribution in [0.15, 0.2) is 30.3 Å². The van der Waals surface area contributed by atoms with Gasteiger partial charge in [-0.1, -0.05) is 19.9 Å². The molecule has 18 heavy (non-hydrogen) atoms. The summed E-state index contributed by atoms with van der Waals surface area (Å²) < 4.78 is 0. The van der Waals surface area contributed by atoms with Crippen LogP contribution in [-0.2, 0) is 0 Å². The number of aromatic amines is 1. The maximum Gasteiger partial charge on any atom is 0.256 e. The summed E-state index contributed by atoms with van der Waals surface area (Å²) in [6, 6.07) is 8.65. The van der Waals surface area contributed by atoms with Gasteiger partial charge in [-0.2, -0.15) is 5.10 Å². The fourth-order valence-electron chi connectivity index (χ4n) is 1.56. The third-order valence-corrected chi connectivity index (χ3v) is 2.61. The third kappa shape index (κ3) is 2.68. The van der Waals surface area contributed by atoms with E-state index >= 15 is 0 Å². The molecule has 0 atom stereocenters. The number of carbonyl (C=O) groups is 1. The Labute approximate surface area is 105 Å². The van der Waals surface area contributed by atoms with E-state index in [1.165, 1.54) is 0 Å². The van der Waals surface area contributed by atoms with E-state index in [1.807, 2.05) is 6.07 Å². The topological polar surface area (TPSA) is 83.8 Å². The van der Waals surface area contributed by atoms with Gasteiger partial charge < -0.3 is 11.1 Å². The first-order valence-corrected chi connectivity index (χ1v) is 5.78. The van der Waals surface area contributed by atoms with Crippen LogP contribution in [0.5, 0.6) is 0 Å². The smallest absolute Gasteiger partial charge is 0.256 e. The minimum Gasteiger partial charge on any atom is -0.399 e. The number of nitrogen functional groups attached to an aromatic ring is 1. The van der Waals surface area contributed by atoms with Crippen LogP contribution in [0.3, 0.4) is 0 Å². The number of nitrogens with one attached hydrogen (secondary N) is 2. The lowest BCUT2D eigenvalue weighted by atomic mass is 10.1. The molecule has 1 heterocycles. The van der Waals surface area contributed by atoms with Crippen molar-refractivity contribution in [2.24, 2.45) is 0 Å². The van der Waals surface area contributed by atoms with Crippen LogP contribution in [0.2, 0.25) is 0 Å². The number of anilines is 2. The minimum absolute atomic E-state index is 0.218. The van der Waals surface area contributed by atoms with E-state index in [2.05, 4.69) is 29.4 Å². The first kappa shape index (κ1) is 12.2. The summed E-state index contributed by atoms with van der Waals surface area (Å²) in [5, 5.41) is 9.64. The number of nitrogens with two attached hydrogens (primary N) is 1. The monoisotopic (exact) mass is 244 g/mol. The predicted molar refractivity (Wildman–Crippen MR) is 71.5 cm³/mol. The normalized spacial score (nSPS) is 10.6. The molecule has 0 spiro atoms. The summed E-state index contributed by atoms with van der Waals surface area (Å²) in [4.78, 5) is 11.9. The largest absolute Gasteiger partial charge is 0.399 e. The maximum absolute atomic E-state index is 11.9. The summed E-state index contributed by atoms with van der Waals surface area (Å²) >= 11 is 0. The van der Waals surface area contributed by atoms with Crippen molar-refractivity contribution in [1.29, 1.82) is 0 Å². The van der Waals surface area contributed by atoms with E-state index in [0.717, 1.165) is 5.69 Å². The Bertz CT molecular complexity index is 560. The lowest BCUT2D eigenvalue weighted by Gasteiger charge is -2.02. The molecule has 0 aliphatic carbocycles. The second-order valence-corrected chi connectivity index (χ2v) is 4.44. The lowest BCUT2D eigenvalue weighted by molar-refractivity contribution is 0.102. The van der Waals surface area contributed by atoms with Crippen LogP contribution in [-0.4, -0.2) is 16.1 Å². The predicted octanol–water partition coefficient (Wildman–Crippen LogP) is 2.37. The summed E-state index contributed by atoms with van der Waals surface area (Å²) in [7, 11) is 0. The first-order chi connectivity index (χ1) is 8.56. The Balaban J connectivity index is 2.11. The molecule has 1 aromatic heterocycles. The van der Waals surface area contributed by atoms with E-state index < -0.39 is 0 Å². The Morgan fingerprint density at radius 3 is 2.78 bits per heavy atom. The number of rotatable bonds is 3. The van der Waals surface area contributed by atoms with Crippen LogP contribution in [0, 0.1) is 0 Å². The number of hydrogen-bond acceptors (Lipinski definition) is 3. The van der Waals surface area contributed by atoms with Crippen molar-refractivity contribution in [3.63, 3.8) is 0 Å². The number of nitrogens with zero attached hydrogens (tertiary/aromatic N) is 1. The van der Waals surface area contributed by atoms with Crippen LogP contribution in [0.25, 0.3) is 0 Å². The first-order valence-electron chi connectivity index (χ1n) is 5.78. The molecule has 0 saturated carbocycles. The van der Waals surface area contributed by atoms with Gasteiger partial charge in [-0.3, -0.25) is 9.89 Å². The zero-order chi connectivity index (χ0) is 13.1. The average molecular weight is 244 g/mol. The number of amides is 1. The zero-order valence-electron chi connectivity index (χ0n) is 10.4. The molecule has 5 heteroatoms. The van der Waals surface area contributed by atoms with E-state index in [4.69, 9.17) is 5.73 Å². The second kappa shape index (κ2) is 4.91. The van der Waals surface area contributed by atoms with E-state index in [1.54, 1.807) is 24.3 Å². The number of H-pyrrole nitrogens is 1. The van der Waals surface area contributed by atoms with Gasteiger partial charge in [0.15, 0.2) is 5.82 Å². The molecule has 1 aromatic carbocycles. The van der Waals surface area contributed by atoms with Crippen molar-refractivity contribution < 1.29 is 4.79 Å². The van der Waals surface area contributed by atoms with Crippen molar-refractivity contribution >= 4 is 17.4 Å². The average Bonchev–Trinajstić information content (AvgIpc) is 2.77. The molecular formula is C13H16N4O.